The number of benzene rings is 1. The summed E-state index contributed by atoms with van der Waals surface area (Å²) in [6.45, 7) is 1.09. The summed E-state index contributed by atoms with van der Waals surface area (Å²) in [5.41, 5.74) is -0.439. The SMILES string of the molecule is CN(C)CCNc1c(O)c2c(c(O)c1Cl)C(=O)C=CC2=O.Cl. The van der Waals surface area contributed by atoms with Crippen molar-refractivity contribution in [1.29, 1.82) is 0 Å². The Hall–Kier alpha value is -1.76. The molecule has 0 heterocycles. The lowest BCUT2D eigenvalue weighted by molar-refractivity contribution is 0.0989. The van der Waals surface area contributed by atoms with Crippen molar-refractivity contribution in [2.45, 2.75) is 0 Å². The lowest BCUT2D eigenvalue weighted by Gasteiger charge is -2.19. The van der Waals surface area contributed by atoms with E-state index in [1.807, 2.05) is 19.0 Å². The summed E-state index contributed by atoms with van der Waals surface area (Å²) in [6.07, 6.45) is 2.10. The Bertz CT molecular complexity index is 657. The lowest BCUT2D eigenvalue weighted by Crippen LogP contribution is -2.21. The molecular weight excluding hydrogens is 331 g/mol. The first kappa shape index (κ1) is 18.3. The van der Waals surface area contributed by atoms with Gasteiger partial charge in [0.15, 0.2) is 17.3 Å². The number of fused-ring (bicyclic) bond motifs is 1. The number of anilines is 1. The molecule has 2 rings (SSSR count). The third-order valence-corrected chi connectivity index (χ3v) is 3.50. The monoisotopic (exact) mass is 346 g/mol. The molecule has 0 atom stereocenters. The van der Waals surface area contributed by atoms with Gasteiger partial charge in [-0.05, 0) is 26.2 Å². The maximum absolute atomic E-state index is 11.9. The summed E-state index contributed by atoms with van der Waals surface area (Å²) < 4.78 is 0. The molecule has 0 fully saturated rings. The molecule has 0 spiro atoms. The number of nitrogens with zero attached hydrogens (tertiary/aromatic N) is 1. The molecule has 0 bridgehead atoms. The van der Waals surface area contributed by atoms with Crippen LogP contribution in [-0.2, 0) is 0 Å². The van der Waals surface area contributed by atoms with E-state index in [-0.39, 0.29) is 34.2 Å². The standard InChI is InChI=1S/C14H15ClN2O4.ClH/c1-17(2)6-5-16-12-11(15)13(20)9-7(18)3-4-8(19)10(9)14(12)21;/h3-4,16,20-21H,5-6H2,1-2H3;1H. The fourth-order valence-electron chi connectivity index (χ4n) is 2.06. The van der Waals surface area contributed by atoms with Gasteiger partial charge in [-0.2, -0.15) is 0 Å². The molecule has 1 aliphatic carbocycles. The second-order valence-corrected chi connectivity index (χ2v) is 5.31. The number of hydrogen-bond donors (Lipinski definition) is 3. The van der Waals surface area contributed by atoms with E-state index in [0.29, 0.717) is 13.1 Å². The number of phenolic OH excluding ortho intramolecular Hbond substituents is 2. The zero-order chi connectivity index (χ0) is 15.7. The highest BCUT2D eigenvalue weighted by Crippen LogP contribution is 2.46. The number of ketones is 2. The largest absolute Gasteiger partial charge is 0.505 e. The second kappa shape index (κ2) is 7.00. The molecule has 3 N–H and O–H groups in total. The third-order valence-electron chi connectivity index (χ3n) is 3.13. The van der Waals surface area contributed by atoms with Crippen molar-refractivity contribution >= 4 is 41.3 Å². The molecule has 22 heavy (non-hydrogen) atoms. The van der Waals surface area contributed by atoms with Crippen molar-refractivity contribution in [3.63, 3.8) is 0 Å². The average molecular weight is 347 g/mol. The van der Waals surface area contributed by atoms with Crippen LogP contribution in [0.5, 0.6) is 11.5 Å². The number of rotatable bonds is 4. The summed E-state index contributed by atoms with van der Waals surface area (Å²) in [7, 11) is 3.75. The first-order valence-electron chi connectivity index (χ1n) is 6.27. The van der Waals surface area contributed by atoms with E-state index in [0.717, 1.165) is 12.2 Å². The Morgan fingerprint density at radius 2 is 1.59 bits per heavy atom. The number of allylic oxidation sites excluding steroid dienone is 2. The number of phenols is 2. The molecule has 120 valence electrons. The maximum atomic E-state index is 11.9. The van der Waals surface area contributed by atoms with Gasteiger partial charge in [-0.15, -0.1) is 12.4 Å². The summed E-state index contributed by atoms with van der Waals surface area (Å²) in [6, 6.07) is 0. The summed E-state index contributed by atoms with van der Waals surface area (Å²) in [5, 5.41) is 22.9. The van der Waals surface area contributed by atoms with Gasteiger partial charge in [-0.1, -0.05) is 11.6 Å². The zero-order valence-electron chi connectivity index (χ0n) is 12.0. The van der Waals surface area contributed by atoms with Crippen LogP contribution in [0, 0.1) is 0 Å². The van der Waals surface area contributed by atoms with Crippen molar-refractivity contribution in [2.75, 3.05) is 32.5 Å². The molecule has 0 aromatic heterocycles. The Morgan fingerprint density at radius 1 is 1.09 bits per heavy atom. The maximum Gasteiger partial charge on any atom is 0.190 e. The van der Waals surface area contributed by atoms with Gasteiger partial charge < -0.3 is 20.4 Å². The fraction of sp³-hybridized carbons (Fsp3) is 0.286. The van der Waals surface area contributed by atoms with Gasteiger partial charge in [0, 0.05) is 13.1 Å². The van der Waals surface area contributed by atoms with Crippen LogP contribution >= 0.6 is 24.0 Å². The van der Waals surface area contributed by atoms with Crippen molar-refractivity contribution in [1.82, 2.24) is 4.90 Å². The van der Waals surface area contributed by atoms with E-state index in [1.54, 1.807) is 0 Å². The van der Waals surface area contributed by atoms with Gasteiger partial charge in [0.05, 0.1) is 11.1 Å². The molecule has 1 aromatic rings. The minimum Gasteiger partial charge on any atom is -0.505 e. The quantitative estimate of drug-likeness (QED) is 0.571. The minimum absolute atomic E-state index is 0. The molecule has 1 aromatic carbocycles. The van der Waals surface area contributed by atoms with Crippen molar-refractivity contribution < 1.29 is 19.8 Å². The predicted molar refractivity (Wildman–Crippen MR) is 86.9 cm³/mol. The number of aromatic hydroxyl groups is 2. The predicted octanol–water partition coefficient (Wildman–Crippen LogP) is 2.08. The first-order chi connectivity index (χ1) is 9.84. The Labute approximate surface area is 138 Å². The number of hydrogen-bond acceptors (Lipinski definition) is 6. The Balaban J connectivity index is 0.00000242. The van der Waals surface area contributed by atoms with Gasteiger partial charge in [0.1, 0.15) is 16.5 Å². The van der Waals surface area contributed by atoms with Crippen molar-refractivity contribution in [3.8, 4) is 11.5 Å². The molecule has 0 aliphatic heterocycles. The first-order valence-corrected chi connectivity index (χ1v) is 6.65. The topological polar surface area (TPSA) is 89.9 Å². The van der Waals surface area contributed by atoms with E-state index in [9.17, 15) is 19.8 Å². The van der Waals surface area contributed by atoms with Crippen LogP contribution in [0.4, 0.5) is 5.69 Å². The Kier molecular flexibility index (Phi) is 5.82. The average Bonchev–Trinajstić information content (AvgIpc) is 2.42. The smallest absolute Gasteiger partial charge is 0.190 e. The molecule has 1 aliphatic rings. The molecule has 0 amide bonds. The third kappa shape index (κ3) is 3.19. The van der Waals surface area contributed by atoms with E-state index in [4.69, 9.17) is 11.6 Å². The second-order valence-electron chi connectivity index (χ2n) is 4.93. The van der Waals surface area contributed by atoms with Gasteiger partial charge in [-0.3, -0.25) is 9.59 Å². The normalized spacial score (nSPS) is 13.1. The van der Waals surface area contributed by atoms with Crippen LogP contribution in [0.2, 0.25) is 5.02 Å². The molecule has 0 unspecified atom stereocenters. The van der Waals surface area contributed by atoms with Crippen molar-refractivity contribution in [2.24, 2.45) is 0 Å². The Morgan fingerprint density at radius 3 is 2.09 bits per heavy atom. The summed E-state index contributed by atoms with van der Waals surface area (Å²) >= 11 is 5.99. The lowest BCUT2D eigenvalue weighted by atomic mass is 9.92. The number of halogens is 2. The van der Waals surface area contributed by atoms with Crippen LogP contribution < -0.4 is 5.32 Å². The van der Waals surface area contributed by atoms with Gasteiger partial charge >= 0.3 is 0 Å². The van der Waals surface area contributed by atoms with Gasteiger partial charge in [0.25, 0.3) is 0 Å². The van der Waals surface area contributed by atoms with Crippen molar-refractivity contribution in [3.05, 3.63) is 28.3 Å². The number of likely N-dealkylation sites (N-methyl/N-ethyl adjacent to an activating group) is 1. The summed E-state index contributed by atoms with van der Waals surface area (Å²) in [5.74, 6) is -2.04. The minimum atomic E-state index is -0.570. The molecule has 0 saturated carbocycles. The van der Waals surface area contributed by atoms with Crippen LogP contribution in [0.3, 0.4) is 0 Å². The van der Waals surface area contributed by atoms with Crippen LogP contribution in [0.15, 0.2) is 12.2 Å². The van der Waals surface area contributed by atoms with Crippen LogP contribution in [0.1, 0.15) is 20.7 Å². The van der Waals surface area contributed by atoms with E-state index in [2.05, 4.69) is 5.32 Å². The molecular formula is C14H16Cl2N2O4. The van der Waals surface area contributed by atoms with Gasteiger partial charge in [-0.25, -0.2) is 0 Å². The zero-order valence-corrected chi connectivity index (χ0v) is 13.6. The number of carbonyl (C=O) groups excluding carboxylic acids is 2. The van der Waals surface area contributed by atoms with Crippen LogP contribution in [-0.4, -0.2) is 53.9 Å². The van der Waals surface area contributed by atoms with Crippen LogP contribution in [0.25, 0.3) is 0 Å². The van der Waals surface area contributed by atoms with E-state index < -0.39 is 23.1 Å². The van der Waals surface area contributed by atoms with Gasteiger partial charge in [0.2, 0.25) is 0 Å². The molecule has 0 radical (unpaired) electrons. The highest BCUT2D eigenvalue weighted by molar-refractivity contribution is 6.37. The number of nitrogens with one attached hydrogen (secondary N) is 1. The highest BCUT2D eigenvalue weighted by atomic mass is 35.5. The molecule has 8 heteroatoms. The molecule has 0 saturated heterocycles. The summed E-state index contributed by atoms with van der Waals surface area (Å²) in [4.78, 5) is 25.5. The number of carbonyl (C=O) groups is 2. The molecule has 6 nitrogen and oxygen atoms in total. The highest BCUT2D eigenvalue weighted by Gasteiger charge is 2.31. The fourth-order valence-corrected chi connectivity index (χ4v) is 2.31. The van der Waals surface area contributed by atoms with E-state index >= 15 is 0 Å². The van der Waals surface area contributed by atoms with E-state index in [1.165, 1.54) is 0 Å².